The second kappa shape index (κ2) is 8.73. The number of ketones is 1. The number of hydrogen-bond donors (Lipinski definition) is 1. The van der Waals surface area contributed by atoms with Crippen LogP contribution in [0, 0.1) is 11.3 Å². The van der Waals surface area contributed by atoms with E-state index in [0.29, 0.717) is 15.5 Å². The van der Waals surface area contributed by atoms with E-state index in [1.54, 1.807) is 24.3 Å². The van der Waals surface area contributed by atoms with E-state index in [9.17, 15) is 23.2 Å². The standard InChI is InChI=1S/C22H13BrF3N3OS2/c23-17-10-9-16(31-17)18(30)19-21(22(24,25)26,13-6-2-1-3-7-13)29-20(32-19)14(12-27)15-8-4-5-11-28-15/h1-11,19,29H/b20-14+. The summed E-state index contributed by atoms with van der Waals surface area (Å²) >= 11 is 5.03. The zero-order valence-corrected chi connectivity index (χ0v) is 19.3. The monoisotopic (exact) mass is 535 g/mol. The highest BCUT2D eigenvalue weighted by Gasteiger charge is 2.67. The van der Waals surface area contributed by atoms with Gasteiger partial charge in [0, 0.05) is 6.20 Å². The number of Topliss-reactive ketones (excluding diaryl/α,β-unsaturated/α-hetero) is 1. The minimum Gasteiger partial charge on any atom is -0.360 e. The number of halogens is 4. The van der Waals surface area contributed by atoms with E-state index in [4.69, 9.17) is 0 Å². The topological polar surface area (TPSA) is 65.8 Å². The zero-order chi connectivity index (χ0) is 22.9. The fourth-order valence-corrected chi connectivity index (χ4v) is 6.36. The van der Waals surface area contributed by atoms with Crippen molar-refractivity contribution in [1.29, 1.82) is 5.26 Å². The number of hydrogen-bond acceptors (Lipinski definition) is 6. The molecule has 1 fully saturated rings. The van der Waals surface area contributed by atoms with Crippen LogP contribution in [0.25, 0.3) is 5.57 Å². The van der Waals surface area contributed by atoms with Crippen molar-refractivity contribution in [1.82, 2.24) is 10.3 Å². The third-order valence-corrected chi connectivity index (χ3v) is 7.91. The molecule has 0 amide bonds. The van der Waals surface area contributed by atoms with Crippen LogP contribution in [0.15, 0.2) is 75.7 Å². The quantitative estimate of drug-likeness (QED) is 0.321. The number of rotatable bonds is 4. The van der Waals surface area contributed by atoms with Crippen LogP contribution in [-0.4, -0.2) is 22.2 Å². The van der Waals surface area contributed by atoms with Crippen LogP contribution in [0.3, 0.4) is 0 Å². The average Bonchev–Trinajstić information content (AvgIpc) is 3.40. The molecule has 4 rings (SSSR count). The number of nitrogens with zero attached hydrogens (tertiary/aromatic N) is 2. The highest BCUT2D eigenvalue weighted by atomic mass is 79.9. The number of pyridine rings is 1. The lowest BCUT2D eigenvalue weighted by Gasteiger charge is -2.36. The maximum absolute atomic E-state index is 14.8. The fraction of sp³-hybridized carbons (Fsp3) is 0.136. The Kier molecular flexibility index (Phi) is 6.16. The molecular weight excluding hydrogens is 523 g/mol. The SMILES string of the molecule is N#C/C(=C1/NC(c2ccccc2)(C(F)(F)F)C(C(=O)c2ccc(Br)s2)S1)c1ccccn1. The molecule has 0 saturated carbocycles. The molecule has 0 bridgehead atoms. The Morgan fingerprint density at radius 2 is 1.84 bits per heavy atom. The molecule has 162 valence electrons. The number of carbonyl (C=O) groups is 1. The molecule has 3 heterocycles. The van der Waals surface area contributed by atoms with Gasteiger partial charge in [0.25, 0.3) is 0 Å². The summed E-state index contributed by atoms with van der Waals surface area (Å²) in [6.07, 6.45) is -3.39. The van der Waals surface area contributed by atoms with Crippen LogP contribution in [-0.2, 0) is 5.54 Å². The lowest BCUT2D eigenvalue weighted by molar-refractivity contribution is -0.193. The molecule has 2 atom stereocenters. The lowest BCUT2D eigenvalue weighted by atomic mass is 9.83. The Hall–Kier alpha value is -2.61. The minimum absolute atomic E-state index is 0.0404. The Balaban J connectivity index is 1.95. The van der Waals surface area contributed by atoms with Gasteiger partial charge in [-0.05, 0) is 45.8 Å². The highest BCUT2D eigenvalue weighted by molar-refractivity contribution is 9.11. The van der Waals surface area contributed by atoms with E-state index in [1.165, 1.54) is 42.6 Å². The van der Waals surface area contributed by atoms with Crippen molar-refractivity contribution in [2.75, 3.05) is 0 Å². The van der Waals surface area contributed by atoms with Crippen LogP contribution in [0.1, 0.15) is 20.9 Å². The van der Waals surface area contributed by atoms with Crippen molar-refractivity contribution < 1.29 is 18.0 Å². The van der Waals surface area contributed by atoms with Gasteiger partial charge >= 0.3 is 6.18 Å². The maximum Gasteiger partial charge on any atom is 0.417 e. The maximum atomic E-state index is 14.8. The number of thioether (sulfide) groups is 1. The molecule has 0 radical (unpaired) electrons. The third-order valence-electron chi connectivity index (χ3n) is 4.93. The van der Waals surface area contributed by atoms with Gasteiger partial charge in [0.05, 0.1) is 19.4 Å². The summed E-state index contributed by atoms with van der Waals surface area (Å²) in [5, 5.41) is 10.7. The van der Waals surface area contributed by atoms with Gasteiger partial charge in [0.1, 0.15) is 16.9 Å². The molecule has 2 aromatic heterocycles. The number of nitrogens with one attached hydrogen (secondary N) is 1. The summed E-state index contributed by atoms with van der Waals surface area (Å²) < 4.78 is 45.1. The number of alkyl halides is 3. The van der Waals surface area contributed by atoms with Crippen LogP contribution < -0.4 is 5.32 Å². The van der Waals surface area contributed by atoms with E-state index in [2.05, 4.69) is 26.2 Å². The lowest BCUT2D eigenvalue weighted by Crippen LogP contribution is -2.57. The molecule has 3 aromatic rings. The molecule has 1 saturated heterocycles. The molecule has 1 aromatic carbocycles. The zero-order valence-electron chi connectivity index (χ0n) is 16.1. The Morgan fingerprint density at radius 1 is 1.12 bits per heavy atom. The first-order chi connectivity index (χ1) is 15.3. The number of benzene rings is 1. The number of allylic oxidation sites excluding steroid dienone is 1. The van der Waals surface area contributed by atoms with Crippen LogP contribution in [0.5, 0.6) is 0 Å². The Labute approximate surface area is 198 Å². The van der Waals surface area contributed by atoms with E-state index < -0.39 is 22.7 Å². The van der Waals surface area contributed by atoms with Gasteiger partial charge in [0.2, 0.25) is 0 Å². The summed E-state index contributed by atoms with van der Waals surface area (Å²) in [6.45, 7) is 0. The van der Waals surface area contributed by atoms with Crippen molar-refractivity contribution in [2.45, 2.75) is 17.0 Å². The van der Waals surface area contributed by atoms with Crippen molar-refractivity contribution in [3.05, 3.63) is 91.8 Å². The van der Waals surface area contributed by atoms with Crippen LogP contribution in [0.2, 0.25) is 0 Å². The third kappa shape index (κ3) is 3.85. The largest absolute Gasteiger partial charge is 0.417 e. The molecular formula is C22H13BrF3N3OS2. The summed E-state index contributed by atoms with van der Waals surface area (Å²) in [6, 6.07) is 17.1. The summed E-state index contributed by atoms with van der Waals surface area (Å²) in [4.78, 5) is 17.7. The first-order valence-electron chi connectivity index (χ1n) is 9.20. The predicted octanol–water partition coefficient (Wildman–Crippen LogP) is 6.14. The first-order valence-corrected chi connectivity index (χ1v) is 11.7. The number of aromatic nitrogens is 1. The van der Waals surface area contributed by atoms with Crippen molar-refractivity contribution in [3.8, 4) is 6.07 Å². The molecule has 0 spiro atoms. The molecule has 1 aliphatic heterocycles. The van der Waals surface area contributed by atoms with Gasteiger partial charge in [-0.1, -0.05) is 48.2 Å². The van der Waals surface area contributed by atoms with Crippen molar-refractivity contribution in [2.24, 2.45) is 0 Å². The van der Waals surface area contributed by atoms with Gasteiger partial charge in [0.15, 0.2) is 11.3 Å². The molecule has 1 N–H and O–H groups in total. The number of thiophene rings is 1. The number of carbonyl (C=O) groups excluding carboxylic acids is 1. The predicted molar refractivity (Wildman–Crippen MR) is 122 cm³/mol. The molecule has 4 nitrogen and oxygen atoms in total. The van der Waals surface area contributed by atoms with Crippen molar-refractivity contribution in [3.63, 3.8) is 0 Å². The van der Waals surface area contributed by atoms with E-state index >= 15 is 0 Å². The second-order valence-electron chi connectivity index (χ2n) is 6.79. The van der Waals surface area contributed by atoms with Gasteiger partial charge in [-0.15, -0.1) is 11.3 Å². The first kappa shape index (κ1) is 22.6. The second-order valence-corrected chi connectivity index (χ2v) is 10.4. The fourth-order valence-electron chi connectivity index (χ4n) is 3.47. The van der Waals surface area contributed by atoms with Crippen LogP contribution >= 0.6 is 39.0 Å². The molecule has 0 aliphatic carbocycles. The van der Waals surface area contributed by atoms with Gasteiger partial charge in [-0.3, -0.25) is 9.78 Å². The van der Waals surface area contributed by atoms with E-state index in [0.717, 1.165) is 11.3 Å². The molecule has 2 unspecified atom stereocenters. The molecule has 32 heavy (non-hydrogen) atoms. The Morgan fingerprint density at radius 3 is 2.41 bits per heavy atom. The highest BCUT2D eigenvalue weighted by Crippen LogP contribution is 2.55. The van der Waals surface area contributed by atoms with E-state index in [-0.39, 0.29) is 26.7 Å². The smallest absolute Gasteiger partial charge is 0.360 e. The summed E-state index contributed by atoms with van der Waals surface area (Å²) in [5.74, 6) is -0.673. The molecule has 10 heteroatoms. The van der Waals surface area contributed by atoms with Crippen molar-refractivity contribution >= 4 is 50.4 Å². The van der Waals surface area contributed by atoms with Crippen LogP contribution in [0.4, 0.5) is 13.2 Å². The summed E-state index contributed by atoms with van der Waals surface area (Å²) in [7, 11) is 0. The summed E-state index contributed by atoms with van der Waals surface area (Å²) in [5.41, 5.74) is -2.66. The van der Waals surface area contributed by atoms with E-state index in [1.807, 2.05) is 6.07 Å². The minimum atomic E-state index is -4.84. The number of nitriles is 1. The van der Waals surface area contributed by atoms with Gasteiger partial charge < -0.3 is 5.32 Å². The average molecular weight is 536 g/mol. The van der Waals surface area contributed by atoms with Gasteiger partial charge in [-0.2, -0.15) is 18.4 Å². The normalized spacial score (nSPS) is 22.2. The van der Waals surface area contributed by atoms with Gasteiger partial charge in [-0.25, -0.2) is 0 Å². The Bertz CT molecular complexity index is 1220. The molecule has 1 aliphatic rings.